The summed E-state index contributed by atoms with van der Waals surface area (Å²) in [5.41, 5.74) is 1.75. The van der Waals surface area contributed by atoms with E-state index in [1.807, 2.05) is 12.1 Å². The first kappa shape index (κ1) is 15.4. The van der Waals surface area contributed by atoms with Crippen molar-refractivity contribution in [3.05, 3.63) is 71.8 Å². The van der Waals surface area contributed by atoms with Crippen molar-refractivity contribution in [2.24, 2.45) is 0 Å². The Hall–Kier alpha value is -2.53. The first-order valence-corrected chi connectivity index (χ1v) is 7.46. The molecule has 1 fully saturated rings. The summed E-state index contributed by atoms with van der Waals surface area (Å²) >= 11 is 0. The average molecular weight is 312 g/mol. The highest BCUT2D eigenvalue weighted by atomic mass is 19.1. The third kappa shape index (κ3) is 4.02. The normalized spacial score (nSPS) is 18.3. The monoisotopic (exact) mass is 312 g/mol. The van der Waals surface area contributed by atoms with Gasteiger partial charge < -0.3 is 9.64 Å². The molecule has 2 aromatic rings. The molecule has 0 N–H and O–H groups in total. The van der Waals surface area contributed by atoms with Gasteiger partial charge in [-0.15, -0.1) is 0 Å². The molecule has 1 amide bonds. The van der Waals surface area contributed by atoms with Crippen molar-refractivity contribution < 1.29 is 13.9 Å². The topological polar surface area (TPSA) is 42.4 Å². The van der Waals surface area contributed by atoms with Crippen LogP contribution in [0.3, 0.4) is 0 Å². The fraction of sp³-hybridized carbons (Fsp3) is 0.222. The zero-order valence-corrected chi connectivity index (χ0v) is 12.6. The first-order chi connectivity index (χ1) is 11.2. The summed E-state index contributed by atoms with van der Waals surface area (Å²) in [6.45, 7) is 1.48. The minimum absolute atomic E-state index is 0.0655. The van der Waals surface area contributed by atoms with Crippen LogP contribution in [-0.2, 0) is 9.53 Å². The average Bonchev–Trinajstić information content (AvgIpc) is 2.61. The zero-order valence-electron chi connectivity index (χ0n) is 12.6. The Morgan fingerprint density at radius 3 is 2.87 bits per heavy atom. The highest BCUT2D eigenvalue weighted by Gasteiger charge is 2.24. The molecule has 0 spiro atoms. The smallest absolute Gasteiger partial charge is 0.246 e. The van der Waals surface area contributed by atoms with Crippen LogP contribution in [0.25, 0.3) is 6.08 Å². The molecule has 1 saturated heterocycles. The largest absolute Gasteiger partial charge is 0.370 e. The Morgan fingerprint density at radius 2 is 2.13 bits per heavy atom. The number of halogens is 1. The van der Waals surface area contributed by atoms with E-state index in [-0.39, 0.29) is 17.8 Å². The molecule has 3 rings (SSSR count). The Balaban J connectivity index is 1.65. The zero-order chi connectivity index (χ0) is 16.1. The summed E-state index contributed by atoms with van der Waals surface area (Å²) in [6.07, 6.45) is 6.46. The van der Waals surface area contributed by atoms with E-state index < -0.39 is 0 Å². The number of rotatable bonds is 3. The minimum atomic E-state index is -0.281. The Labute approximate surface area is 134 Å². The van der Waals surface area contributed by atoms with Gasteiger partial charge in [0.1, 0.15) is 11.9 Å². The van der Waals surface area contributed by atoms with Crippen LogP contribution in [0.15, 0.2) is 54.9 Å². The number of morpholine rings is 1. The van der Waals surface area contributed by atoms with Gasteiger partial charge in [0, 0.05) is 25.0 Å². The Kier molecular flexibility index (Phi) is 4.78. The van der Waals surface area contributed by atoms with E-state index in [1.165, 1.54) is 12.1 Å². The van der Waals surface area contributed by atoms with Crippen molar-refractivity contribution in [2.45, 2.75) is 6.10 Å². The van der Waals surface area contributed by atoms with Gasteiger partial charge >= 0.3 is 0 Å². The lowest BCUT2D eigenvalue weighted by atomic mass is 10.1. The quantitative estimate of drug-likeness (QED) is 0.819. The second-order valence-electron chi connectivity index (χ2n) is 5.31. The molecule has 118 valence electrons. The van der Waals surface area contributed by atoms with Crippen molar-refractivity contribution >= 4 is 12.0 Å². The van der Waals surface area contributed by atoms with Crippen LogP contribution >= 0.6 is 0 Å². The van der Waals surface area contributed by atoms with Crippen molar-refractivity contribution in [3.63, 3.8) is 0 Å². The van der Waals surface area contributed by atoms with Crippen LogP contribution in [-0.4, -0.2) is 35.5 Å². The van der Waals surface area contributed by atoms with Crippen molar-refractivity contribution in [1.82, 2.24) is 9.88 Å². The number of nitrogens with zero attached hydrogens (tertiary/aromatic N) is 2. The van der Waals surface area contributed by atoms with Gasteiger partial charge in [-0.2, -0.15) is 0 Å². The lowest BCUT2D eigenvalue weighted by molar-refractivity contribution is -0.133. The van der Waals surface area contributed by atoms with Gasteiger partial charge in [-0.3, -0.25) is 9.78 Å². The maximum absolute atomic E-state index is 13.0. The van der Waals surface area contributed by atoms with Crippen LogP contribution < -0.4 is 0 Å². The molecular formula is C18H17FN2O2. The second kappa shape index (κ2) is 7.15. The predicted octanol–water partition coefficient (Wildman–Crippen LogP) is 2.83. The molecule has 1 aromatic carbocycles. The van der Waals surface area contributed by atoms with E-state index in [2.05, 4.69) is 4.98 Å². The molecule has 0 saturated carbocycles. The number of aromatic nitrogens is 1. The summed E-state index contributed by atoms with van der Waals surface area (Å²) in [4.78, 5) is 18.1. The Bertz CT molecular complexity index is 686. The third-order valence-corrected chi connectivity index (χ3v) is 3.72. The molecule has 23 heavy (non-hydrogen) atoms. The maximum atomic E-state index is 13.0. The number of carbonyl (C=O) groups is 1. The van der Waals surface area contributed by atoms with Crippen LogP contribution in [0.5, 0.6) is 0 Å². The minimum Gasteiger partial charge on any atom is -0.370 e. The molecule has 1 unspecified atom stereocenters. The summed E-state index contributed by atoms with van der Waals surface area (Å²) in [5, 5.41) is 0. The highest BCUT2D eigenvalue weighted by molar-refractivity contribution is 5.91. The van der Waals surface area contributed by atoms with Crippen LogP contribution in [0.2, 0.25) is 0 Å². The van der Waals surface area contributed by atoms with E-state index in [0.29, 0.717) is 19.7 Å². The van der Waals surface area contributed by atoms with Gasteiger partial charge in [0.05, 0.1) is 13.2 Å². The third-order valence-electron chi connectivity index (χ3n) is 3.72. The summed E-state index contributed by atoms with van der Waals surface area (Å²) in [6, 6.07) is 9.91. The molecule has 1 aromatic heterocycles. The van der Waals surface area contributed by atoms with Crippen LogP contribution in [0.1, 0.15) is 17.2 Å². The molecule has 0 radical (unpaired) electrons. The number of carbonyl (C=O) groups excluding carboxylic acids is 1. The van der Waals surface area contributed by atoms with Gasteiger partial charge in [-0.05, 0) is 35.4 Å². The number of ether oxygens (including phenoxy) is 1. The fourth-order valence-electron chi connectivity index (χ4n) is 2.48. The molecule has 4 nitrogen and oxygen atoms in total. The number of benzene rings is 1. The summed E-state index contributed by atoms with van der Waals surface area (Å²) in [5.74, 6) is -0.346. The lowest BCUT2D eigenvalue weighted by Gasteiger charge is -2.32. The summed E-state index contributed by atoms with van der Waals surface area (Å²) in [7, 11) is 0. The van der Waals surface area contributed by atoms with Crippen molar-refractivity contribution in [1.29, 1.82) is 0 Å². The molecule has 0 bridgehead atoms. The molecule has 1 atom stereocenters. The molecular weight excluding hydrogens is 295 g/mol. The van der Waals surface area contributed by atoms with Gasteiger partial charge in [-0.1, -0.05) is 18.2 Å². The van der Waals surface area contributed by atoms with E-state index in [0.717, 1.165) is 11.1 Å². The van der Waals surface area contributed by atoms with Crippen molar-refractivity contribution in [2.75, 3.05) is 19.7 Å². The Morgan fingerprint density at radius 1 is 1.30 bits per heavy atom. The van der Waals surface area contributed by atoms with Gasteiger partial charge in [0.25, 0.3) is 0 Å². The predicted molar refractivity (Wildman–Crippen MR) is 84.9 cm³/mol. The molecule has 1 aliphatic heterocycles. The number of amides is 1. The molecule has 1 aliphatic rings. The van der Waals surface area contributed by atoms with Crippen LogP contribution in [0.4, 0.5) is 4.39 Å². The highest BCUT2D eigenvalue weighted by Crippen LogP contribution is 2.22. The number of hydrogen-bond donors (Lipinski definition) is 0. The number of hydrogen-bond acceptors (Lipinski definition) is 3. The first-order valence-electron chi connectivity index (χ1n) is 7.46. The fourth-order valence-corrected chi connectivity index (χ4v) is 2.48. The van der Waals surface area contributed by atoms with E-state index in [1.54, 1.807) is 41.6 Å². The molecule has 5 heteroatoms. The molecule has 2 heterocycles. The SMILES string of the molecule is O=C(/C=C/c1cccnc1)N1CCOC(c2ccc(F)cc2)C1. The number of pyridine rings is 1. The molecule has 0 aliphatic carbocycles. The van der Waals surface area contributed by atoms with E-state index >= 15 is 0 Å². The summed E-state index contributed by atoms with van der Waals surface area (Å²) < 4.78 is 18.7. The van der Waals surface area contributed by atoms with Gasteiger partial charge in [0.15, 0.2) is 0 Å². The maximum Gasteiger partial charge on any atom is 0.246 e. The lowest BCUT2D eigenvalue weighted by Crippen LogP contribution is -2.41. The van der Waals surface area contributed by atoms with E-state index in [4.69, 9.17) is 4.74 Å². The van der Waals surface area contributed by atoms with E-state index in [9.17, 15) is 9.18 Å². The van der Waals surface area contributed by atoms with Gasteiger partial charge in [0.2, 0.25) is 5.91 Å². The van der Waals surface area contributed by atoms with Crippen molar-refractivity contribution in [3.8, 4) is 0 Å². The standard InChI is InChI=1S/C18H17FN2O2/c19-16-6-4-15(5-7-16)17-13-21(10-11-23-17)18(22)8-3-14-2-1-9-20-12-14/h1-9,12,17H,10-11,13H2/b8-3+. The second-order valence-corrected chi connectivity index (χ2v) is 5.31. The van der Waals surface area contributed by atoms with Gasteiger partial charge in [-0.25, -0.2) is 4.39 Å². The van der Waals surface area contributed by atoms with Crippen LogP contribution in [0, 0.1) is 5.82 Å².